The second kappa shape index (κ2) is 3.82. The molecule has 2 atom stereocenters. The van der Waals surface area contributed by atoms with Gasteiger partial charge in [-0.1, -0.05) is 0 Å². The van der Waals surface area contributed by atoms with Crippen LogP contribution >= 0.6 is 23.0 Å². The molecular weight excluding hydrogens is 248 g/mol. The fourth-order valence-electron chi connectivity index (χ4n) is 1.28. The van der Waals surface area contributed by atoms with Crippen molar-refractivity contribution in [2.45, 2.75) is 18.6 Å². The second-order valence-electron chi connectivity index (χ2n) is 2.70. The summed E-state index contributed by atoms with van der Waals surface area (Å²) >= 11 is 1.85. The van der Waals surface area contributed by atoms with E-state index in [4.69, 9.17) is 3.07 Å². The van der Waals surface area contributed by atoms with E-state index < -0.39 is 6.17 Å². The third kappa shape index (κ3) is 2.03. The molecule has 60 valence electrons. The van der Waals surface area contributed by atoms with Crippen molar-refractivity contribution in [2.75, 3.05) is 20.2 Å². The molecule has 0 aromatic carbocycles. The summed E-state index contributed by atoms with van der Waals surface area (Å²) in [7, 11) is 1.93. The number of likely N-dealkylation sites (N-methyl/N-ethyl adjacent to an activating group) is 1. The summed E-state index contributed by atoms with van der Waals surface area (Å²) in [5.74, 6) is 0. The lowest BCUT2D eigenvalue weighted by molar-refractivity contribution is 0.236. The third-order valence-electron chi connectivity index (χ3n) is 1.89. The fourth-order valence-corrected chi connectivity index (χ4v) is 1.69. The molecule has 0 aromatic heterocycles. The maximum absolute atomic E-state index is 12.6. The summed E-state index contributed by atoms with van der Waals surface area (Å²) in [5, 5.41) is 0. The van der Waals surface area contributed by atoms with Gasteiger partial charge in [0.05, 0.1) is 6.61 Å². The van der Waals surface area contributed by atoms with E-state index in [0.717, 1.165) is 0 Å². The molecule has 4 heteroatoms. The molecule has 0 radical (unpaired) electrons. The average molecular weight is 259 g/mol. The molecule has 1 aliphatic heterocycles. The summed E-state index contributed by atoms with van der Waals surface area (Å²) in [6.07, 6.45) is -0.0268. The Morgan fingerprint density at radius 2 is 2.50 bits per heavy atom. The quantitative estimate of drug-likeness (QED) is 0.695. The van der Waals surface area contributed by atoms with E-state index in [0.29, 0.717) is 19.6 Å². The Labute approximate surface area is 74.4 Å². The first-order valence-electron chi connectivity index (χ1n) is 3.32. The highest BCUT2D eigenvalue weighted by molar-refractivity contribution is 14.1. The van der Waals surface area contributed by atoms with Gasteiger partial charge in [0.1, 0.15) is 29.2 Å². The Morgan fingerprint density at radius 1 is 1.80 bits per heavy atom. The first kappa shape index (κ1) is 8.67. The number of hydrogen-bond acceptors (Lipinski definition) is 2. The van der Waals surface area contributed by atoms with Crippen molar-refractivity contribution in [1.29, 1.82) is 0 Å². The van der Waals surface area contributed by atoms with Crippen LogP contribution in [0.2, 0.25) is 0 Å². The van der Waals surface area contributed by atoms with Crippen molar-refractivity contribution in [3.05, 3.63) is 0 Å². The number of nitrogens with zero attached hydrogens (tertiary/aromatic N) is 1. The van der Waals surface area contributed by atoms with Crippen LogP contribution < -0.4 is 0 Å². The van der Waals surface area contributed by atoms with Gasteiger partial charge in [-0.15, -0.1) is 0 Å². The maximum atomic E-state index is 12.6. The molecule has 0 aliphatic carbocycles. The van der Waals surface area contributed by atoms with Crippen molar-refractivity contribution >= 4 is 23.0 Å². The fraction of sp³-hybridized carbons (Fsp3) is 1.00. The highest BCUT2D eigenvalue weighted by atomic mass is 127. The SMILES string of the molecule is CN1C[C@H](F)C[C@H]1COI. The summed E-state index contributed by atoms with van der Waals surface area (Å²) < 4.78 is 17.6. The van der Waals surface area contributed by atoms with Gasteiger partial charge in [-0.25, -0.2) is 4.39 Å². The van der Waals surface area contributed by atoms with Crippen molar-refractivity contribution in [3.8, 4) is 0 Å². The molecular formula is C6H11FINO. The zero-order chi connectivity index (χ0) is 7.56. The minimum absolute atomic E-state index is 0.284. The topological polar surface area (TPSA) is 12.5 Å². The zero-order valence-electron chi connectivity index (χ0n) is 5.89. The molecule has 1 aliphatic rings. The van der Waals surface area contributed by atoms with Gasteiger partial charge in [-0.3, -0.25) is 4.90 Å². The number of halogens is 2. The first-order chi connectivity index (χ1) is 4.74. The summed E-state index contributed by atoms with van der Waals surface area (Å²) in [6, 6.07) is 0.284. The minimum Gasteiger partial charge on any atom is -0.314 e. The van der Waals surface area contributed by atoms with E-state index in [1.165, 1.54) is 0 Å². The molecule has 0 N–H and O–H groups in total. The number of likely N-dealkylation sites (tertiary alicyclic amines) is 1. The summed E-state index contributed by atoms with van der Waals surface area (Å²) in [6.45, 7) is 1.20. The second-order valence-corrected chi connectivity index (χ2v) is 3.32. The minimum atomic E-state index is -0.651. The summed E-state index contributed by atoms with van der Waals surface area (Å²) in [4.78, 5) is 2.00. The van der Waals surface area contributed by atoms with Gasteiger partial charge in [0.2, 0.25) is 0 Å². The highest BCUT2D eigenvalue weighted by Crippen LogP contribution is 2.18. The van der Waals surface area contributed by atoms with Crippen LogP contribution in [0.4, 0.5) is 4.39 Å². The van der Waals surface area contributed by atoms with Crippen LogP contribution in [0.15, 0.2) is 0 Å². The van der Waals surface area contributed by atoms with Crippen molar-refractivity contribution in [3.63, 3.8) is 0 Å². The van der Waals surface area contributed by atoms with Gasteiger partial charge in [0, 0.05) is 12.6 Å². The van der Waals surface area contributed by atoms with Crippen LogP contribution in [0, 0.1) is 0 Å². The molecule has 1 saturated heterocycles. The number of hydrogen-bond donors (Lipinski definition) is 0. The van der Waals surface area contributed by atoms with Crippen LogP contribution in [0.5, 0.6) is 0 Å². The van der Waals surface area contributed by atoms with E-state index in [1.54, 1.807) is 0 Å². The van der Waals surface area contributed by atoms with Gasteiger partial charge in [0.25, 0.3) is 0 Å². The van der Waals surface area contributed by atoms with Crippen molar-refractivity contribution < 1.29 is 7.46 Å². The monoisotopic (exact) mass is 259 g/mol. The van der Waals surface area contributed by atoms with Crippen LogP contribution in [0.3, 0.4) is 0 Å². The lowest BCUT2D eigenvalue weighted by atomic mass is 10.2. The Balaban J connectivity index is 2.31. The predicted octanol–water partition coefficient (Wildman–Crippen LogP) is 1.40. The molecule has 1 rings (SSSR count). The largest absolute Gasteiger partial charge is 0.314 e. The molecule has 0 unspecified atom stereocenters. The lowest BCUT2D eigenvalue weighted by Gasteiger charge is -2.16. The van der Waals surface area contributed by atoms with E-state index in [2.05, 4.69) is 0 Å². The number of rotatable bonds is 2. The predicted molar refractivity (Wildman–Crippen MR) is 45.9 cm³/mol. The van der Waals surface area contributed by atoms with E-state index >= 15 is 0 Å². The van der Waals surface area contributed by atoms with Gasteiger partial charge < -0.3 is 3.07 Å². The molecule has 10 heavy (non-hydrogen) atoms. The normalized spacial score (nSPS) is 35.1. The Kier molecular flexibility index (Phi) is 3.32. The Hall–Kier alpha value is 0.580. The number of alkyl halides is 1. The zero-order valence-corrected chi connectivity index (χ0v) is 8.04. The van der Waals surface area contributed by atoms with Gasteiger partial charge in [-0.2, -0.15) is 0 Å². The molecule has 0 amide bonds. The lowest BCUT2D eigenvalue weighted by Crippen LogP contribution is -2.28. The smallest absolute Gasteiger partial charge is 0.114 e. The maximum Gasteiger partial charge on any atom is 0.114 e. The molecule has 0 saturated carbocycles. The standard InChI is InChI=1S/C6H11FINO/c1-9-3-5(7)2-6(9)4-10-8/h5-6H,2-4H2,1H3/t5-,6+/m1/s1. The first-order valence-corrected chi connectivity index (χ1v) is 4.20. The van der Waals surface area contributed by atoms with E-state index in [-0.39, 0.29) is 6.04 Å². The highest BCUT2D eigenvalue weighted by Gasteiger charge is 2.28. The van der Waals surface area contributed by atoms with E-state index in [1.807, 2.05) is 35.0 Å². The van der Waals surface area contributed by atoms with Crippen LogP contribution in [0.1, 0.15) is 6.42 Å². The average Bonchev–Trinajstić information content (AvgIpc) is 2.13. The van der Waals surface area contributed by atoms with Crippen LogP contribution in [-0.4, -0.2) is 37.3 Å². The Morgan fingerprint density at radius 3 is 2.90 bits per heavy atom. The van der Waals surface area contributed by atoms with Gasteiger partial charge in [-0.05, 0) is 13.5 Å². The molecule has 1 fully saturated rings. The van der Waals surface area contributed by atoms with Gasteiger partial charge >= 0.3 is 0 Å². The molecule has 2 nitrogen and oxygen atoms in total. The molecule has 0 aromatic rings. The van der Waals surface area contributed by atoms with Crippen molar-refractivity contribution in [2.24, 2.45) is 0 Å². The van der Waals surface area contributed by atoms with Crippen LogP contribution in [-0.2, 0) is 3.07 Å². The van der Waals surface area contributed by atoms with E-state index in [9.17, 15) is 4.39 Å². The third-order valence-corrected chi connectivity index (χ3v) is 2.25. The van der Waals surface area contributed by atoms with Crippen molar-refractivity contribution in [1.82, 2.24) is 4.90 Å². The summed E-state index contributed by atoms with van der Waals surface area (Å²) in [5.41, 5.74) is 0. The molecule has 0 bridgehead atoms. The van der Waals surface area contributed by atoms with Crippen LogP contribution in [0.25, 0.3) is 0 Å². The molecule has 0 spiro atoms. The Bertz CT molecular complexity index is 114. The molecule has 1 heterocycles. The van der Waals surface area contributed by atoms with Gasteiger partial charge in [0.15, 0.2) is 0 Å².